The Hall–Kier alpha value is -4.81. The smallest absolute Gasteiger partial charge is 0.258 e. The van der Waals surface area contributed by atoms with Crippen LogP contribution in [-0.2, 0) is 29.2 Å². The highest BCUT2D eigenvalue weighted by Crippen LogP contribution is 2.27. The lowest BCUT2D eigenvalue weighted by Gasteiger charge is -2.22. The molecule has 222 valence electrons. The van der Waals surface area contributed by atoms with Crippen molar-refractivity contribution < 1.29 is 32.7 Å². The standard InChI is InChI=1S/C31H30FN5O6/c1-40-17-28-35-30(43-36-28)16-37-14-26-27(15-37)42-22-8-5-19(6-9-22)13-33-29(38)18-41-23-4-2-3-20(11-23)21-7-10-25(32)24(12-21)31(39)34-26/h2-12,26-27H,13-18H2,1H3,(H,33,38)(H,34,39)/t26-,27-/m0/s1. The highest BCUT2D eigenvalue weighted by Gasteiger charge is 2.37. The van der Waals surface area contributed by atoms with Gasteiger partial charge in [0.15, 0.2) is 12.4 Å². The molecule has 0 saturated carbocycles. The van der Waals surface area contributed by atoms with Crippen LogP contribution in [0.3, 0.4) is 0 Å². The van der Waals surface area contributed by atoms with Crippen molar-refractivity contribution in [3.8, 4) is 22.6 Å². The fourth-order valence-electron chi connectivity index (χ4n) is 5.12. The number of ether oxygens (including phenoxy) is 3. The van der Waals surface area contributed by atoms with Crippen molar-refractivity contribution >= 4 is 11.8 Å². The van der Waals surface area contributed by atoms with Crippen molar-refractivity contribution in [2.45, 2.75) is 31.8 Å². The van der Waals surface area contributed by atoms with Gasteiger partial charge in [-0.3, -0.25) is 14.5 Å². The second kappa shape index (κ2) is 12.6. The minimum atomic E-state index is -0.646. The van der Waals surface area contributed by atoms with Crippen LogP contribution in [0.2, 0.25) is 0 Å². The number of benzene rings is 3. The second-order valence-electron chi connectivity index (χ2n) is 10.4. The molecule has 6 bridgehead atoms. The summed E-state index contributed by atoms with van der Waals surface area (Å²) in [7, 11) is 1.55. The molecule has 3 aliphatic heterocycles. The Kier molecular flexibility index (Phi) is 8.29. The molecule has 12 heteroatoms. The lowest BCUT2D eigenvalue weighted by molar-refractivity contribution is -0.123. The van der Waals surface area contributed by atoms with Crippen LogP contribution in [0, 0.1) is 5.82 Å². The number of likely N-dealkylation sites (tertiary alicyclic amines) is 1. The number of hydrogen-bond donors (Lipinski definition) is 2. The molecule has 1 saturated heterocycles. The van der Waals surface area contributed by atoms with E-state index in [4.69, 9.17) is 18.7 Å². The van der Waals surface area contributed by atoms with E-state index in [9.17, 15) is 9.59 Å². The topological polar surface area (TPSA) is 128 Å². The van der Waals surface area contributed by atoms with E-state index < -0.39 is 23.9 Å². The van der Waals surface area contributed by atoms with Gasteiger partial charge in [-0.1, -0.05) is 35.5 Å². The molecule has 3 aromatic carbocycles. The van der Waals surface area contributed by atoms with Gasteiger partial charge in [-0.25, -0.2) is 4.39 Å². The summed E-state index contributed by atoms with van der Waals surface area (Å²) in [6.07, 6.45) is -0.457. The number of nitrogens with zero attached hydrogens (tertiary/aromatic N) is 3. The third-order valence-electron chi connectivity index (χ3n) is 7.25. The largest absolute Gasteiger partial charge is 0.487 e. The van der Waals surface area contributed by atoms with Gasteiger partial charge in [0.2, 0.25) is 5.89 Å². The average Bonchev–Trinajstić information content (AvgIpc) is 3.61. The first kappa shape index (κ1) is 28.3. The summed E-state index contributed by atoms with van der Waals surface area (Å²) in [6.45, 7) is 1.58. The molecule has 7 rings (SSSR count). The van der Waals surface area contributed by atoms with E-state index in [1.54, 1.807) is 31.4 Å². The molecule has 4 heterocycles. The molecule has 0 spiro atoms. The van der Waals surface area contributed by atoms with Gasteiger partial charge in [0.05, 0.1) is 18.2 Å². The van der Waals surface area contributed by atoms with Gasteiger partial charge in [0.1, 0.15) is 30.0 Å². The van der Waals surface area contributed by atoms with Crippen LogP contribution in [-0.4, -0.2) is 65.8 Å². The van der Waals surface area contributed by atoms with E-state index in [-0.39, 0.29) is 24.7 Å². The van der Waals surface area contributed by atoms with Crippen LogP contribution in [0.15, 0.2) is 71.3 Å². The quantitative estimate of drug-likeness (QED) is 0.370. The predicted molar refractivity (Wildman–Crippen MR) is 152 cm³/mol. The molecule has 2 amide bonds. The highest BCUT2D eigenvalue weighted by atomic mass is 19.1. The van der Waals surface area contributed by atoms with Crippen molar-refractivity contribution in [1.82, 2.24) is 25.7 Å². The molecule has 2 N–H and O–H groups in total. The zero-order valence-corrected chi connectivity index (χ0v) is 23.4. The van der Waals surface area contributed by atoms with Crippen molar-refractivity contribution in [3.05, 3.63) is 95.4 Å². The average molecular weight is 588 g/mol. The molecule has 0 aliphatic carbocycles. The molecule has 3 aliphatic rings. The Morgan fingerprint density at radius 1 is 1.02 bits per heavy atom. The Morgan fingerprint density at radius 2 is 1.86 bits per heavy atom. The van der Waals surface area contributed by atoms with E-state index in [1.165, 1.54) is 12.1 Å². The normalized spacial score (nSPS) is 19.1. The number of fused-ring (bicyclic) bond motifs is 7. The number of halogens is 1. The van der Waals surface area contributed by atoms with Gasteiger partial charge < -0.3 is 29.4 Å². The molecule has 0 unspecified atom stereocenters. The number of carbonyl (C=O) groups excluding carboxylic acids is 2. The van der Waals surface area contributed by atoms with Crippen molar-refractivity contribution in [2.75, 3.05) is 26.8 Å². The zero-order chi connectivity index (χ0) is 29.8. The molecule has 0 radical (unpaired) electrons. The summed E-state index contributed by atoms with van der Waals surface area (Å²) in [5.41, 5.74) is 2.12. The van der Waals surface area contributed by atoms with Crippen LogP contribution in [0.4, 0.5) is 4.39 Å². The number of carbonyl (C=O) groups is 2. The first-order valence-corrected chi connectivity index (χ1v) is 13.8. The number of methoxy groups -OCH3 is 1. The van der Waals surface area contributed by atoms with Crippen molar-refractivity contribution in [3.63, 3.8) is 0 Å². The van der Waals surface area contributed by atoms with Gasteiger partial charge >= 0.3 is 0 Å². The maximum Gasteiger partial charge on any atom is 0.258 e. The molecule has 2 atom stereocenters. The number of aromatic nitrogens is 2. The van der Waals surface area contributed by atoms with Gasteiger partial charge in [0, 0.05) is 26.7 Å². The zero-order valence-electron chi connectivity index (χ0n) is 23.4. The maximum absolute atomic E-state index is 15.0. The molecular formula is C31H30FN5O6. The first-order valence-electron chi connectivity index (χ1n) is 13.8. The van der Waals surface area contributed by atoms with Gasteiger partial charge in [0.25, 0.3) is 11.8 Å². The molecule has 1 aromatic heterocycles. The van der Waals surface area contributed by atoms with Crippen LogP contribution in [0.25, 0.3) is 11.1 Å². The van der Waals surface area contributed by atoms with Gasteiger partial charge in [-0.2, -0.15) is 4.98 Å². The number of nitrogens with one attached hydrogen (secondary N) is 2. The third kappa shape index (κ3) is 6.82. The number of hydrogen-bond acceptors (Lipinski definition) is 9. The van der Waals surface area contributed by atoms with Crippen molar-refractivity contribution in [1.29, 1.82) is 0 Å². The Balaban J connectivity index is 1.29. The molecule has 1 fully saturated rings. The lowest BCUT2D eigenvalue weighted by Crippen LogP contribution is -2.45. The number of amides is 2. The van der Waals surface area contributed by atoms with Crippen LogP contribution in [0.1, 0.15) is 27.6 Å². The minimum absolute atomic E-state index is 0.0970. The molecule has 43 heavy (non-hydrogen) atoms. The van der Waals surface area contributed by atoms with E-state index in [2.05, 4.69) is 20.8 Å². The summed E-state index contributed by atoms with van der Waals surface area (Å²) in [4.78, 5) is 32.3. The fourth-order valence-corrected chi connectivity index (χ4v) is 5.12. The summed E-state index contributed by atoms with van der Waals surface area (Å²) in [6, 6.07) is 18.3. The third-order valence-corrected chi connectivity index (χ3v) is 7.25. The lowest BCUT2D eigenvalue weighted by atomic mass is 10.0. The fraction of sp³-hybridized carbons (Fsp3) is 0.290. The first-order chi connectivity index (χ1) is 20.9. The summed E-state index contributed by atoms with van der Waals surface area (Å²) in [5.74, 6) is 0.431. The van der Waals surface area contributed by atoms with E-state index in [0.29, 0.717) is 60.5 Å². The summed E-state index contributed by atoms with van der Waals surface area (Å²) in [5, 5.41) is 9.76. The molecule has 11 nitrogen and oxygen atoms in total. The molecule has 4 aromatic rings. The summed E-state index contributed by atoms with van der Waals surface area (Å²) >= 11 is 0. The van der Waals surface area contributed by atoms with Crippen LogP contribution >= 0.6 is 0 Å². The van der Waals surface area contributed by atoms with E-state index in [0.717, 1.165) is 5.56 Å². The highest BCUT2D eigenvalue weighted by molar-refractivity contribution is 5.96. The van der Waals surface area contributed by atoms with E-state index >= 15 is 4.39 Å². The maximum atomic E-state index is 15.0. The number of rotatable bonds is 4. The van der Waals surface area contributed by atoms with Crippen LogP contribution in [0.5, 0.6) is 11.5 Å². The van der Waals surface area contributed by atoms with Gasteiger partial charge in [-0.05, 0) is 53.1 Å². The monoisotopic (exact) mass is 587 g/mol. The SMILES string of the molecule is COCc1noc(CN2C[C@@H]3NC(=O)c4cc(ccc4F)-c4cccc(c4)OCC(=O)NCc4ccc(cc4)O[C@H]3C2)n1. The van der Waals surface area contributed by atoms with E-state index in [1.807, 2.05) is 35.2 Å². The Morgan fingerprint density at radius 3 is 2.70 bits per heavy atom. The Labute approximate surface area is 246 Å². The predicted octanol–water partition coefficient (Wildman–Crippen LogP) is 3.09. The minimum Gasteiger partial charge on any atom is -0.487 e. The molecular weight excluding hydrogens is 557 g/mol. The van der Waals surface area contributed by atoms with Crippen LogP contribution < -0.4 is 20.1 Å². The van der Waals surface area contributed by atoms with Gasteiger partial charge in [-0.15, -0.1) is 0 Å². The second-order valence-corrected chi connectivity index (χ2v) is 10.4. The summed E-state index contributed by atoms with van der Waals surface area (Å²) < 4.78 is 37.4. The Bertz CT molecular complexity index is 1610. The van der Waals surface area contributed by atoms with Crippen molar-refractivity contribution in [2.24, 2.45) is 0 Å².